The van der Waals surface area contributed by atoms with Crippen LogP contribution in [0.2, 0.25) is 0 Å². The zero-order valence-corrected chi connectivity index (χ0v) is 18.5. The number of carbonyl (C=O) groups excluding carboxylic acids is 2. The number of nitrogens with zero attached hydrogens (tertiary/aromatic N) is 1. The SMILES string of the molecule is Cc1ccccc1Nc1ccc(C(=O)O)cc1/C=N\NC(=O)C(=O)Nc1c(C)cccc1C. The molecule has 0 bridgehead atoms. The van der Waals surface area contributed by atoms with Crippen molar-refractivity contribution in [1.82, 2.24) is 5.43 Å². The van der Waals surface area contributed by atoms with Crippen LogP contribution in [-0.2, 0) is 9.59 Å². The van der Waals surface area contributed by atoms with Crippen LogP contribution in [0.5, 0.6) is 0 Å². The van der Waals surface area contributed by atoms with Gasteiger partial charge in [-0.15, -0.1) is 0 Å². The number of hydrogen-bond donors (Lipinski definition) is 4. The van der Waals surface area contributed by atoms with E-state index in [-0.39, 0.29) is 5.56 Å². The summed E-state index contributed by atoms with van der Waals surface area (Å²) in [7, 11) is 0. The third-order valence-corrected chi connectivity index (χ3v) is 5.01. The van der Waals surface area contributed by atoms with Crippen LogP contribution in [0.4, 0.5) is 17.1 Å². The molecule has 0 saturated heterocycles. The summed E-state index contributed by atoms with van der Waals surface area (Å²) in [5, 5.41) is 19.0. The molecular formula is C25H24N4O4. The van der Waals surface area contributed by atoms with E-state index in [1.165, 1.54) is 18.3 Å². The summed E-state index contributed by atoms with van der Waals surface area (Å²) in [5.74, 6) is -2.90. The van der Waals surface area contributed by atoms with Gasteiger partial charge in [0, 0.05) is 22.6 Å². The molecule has 0 aromatic heterocycles. The minimum atomic E-state index is -1.09. The molecule has 0 aliphatic rings. The first-order valence-electron chi connectivity index (χ1n) is 10.2. The van der Waals surface area contributed by atoms with Gasteiger partial charge in [-0.25, -0.2) is 10.2 Å². The molecule has 0 unspecified atom stereocenters. The van der Waals surface area contributed by atoms with E-state index in [0.717, 1.165) is 22.4 Å². The van der Waals surface area contributed by atoms with Crippen LogP contribution in [0.3, 0.4) is 0 Å². The molecule has 0 aliphatic carbocycles. The molecule has 33 heavy (non-hydrogen) atoms. The van der Waals surface area contributed by atoms with Crippen molar-refractivity contribution >= 4 is 41.1 Å². The second-order valence-corrected chi connectivity index (χ2v) is 7.47. The summed E-state index contributed by atoms with van der Waals surface area (Å²) in [6, 6.07) is 17.7. The Labute approximate surface area is 191 Å². The Balaban J connectivity index is 1.76. The molecular weight excluding hydrogens is 420 g/mol. The number of para-hydroxylation sites is 2. The van der Waals surface area contributed by atoms with Crippen molar-refractivity contribution in [2.45, 2.75) is 20.8 Å². The number of amides is 2. The van der Waals surface area contributed by atoms with Gasteiger partial charge < -0.3 is 15.7 Å². The summed E-state index contributed by atoms with van der Waals surface area (Å²) in [6.07, 6.45) is 1.29. The third kappa shape index (κ3) is 5.82. The standard InChI is InChI=1S/C25H24N4O4/c1-15-7-4-5-10-20(15)27-21-12-11-18(25(32)33)13-19(21)14-26-29-24(31)23(30)28-22-16(2)8-6-9-17(22)3/h4-14,27H,1-3H3,(H,28,30)(H,29,31)(H,32,33)/b26-14-. The lowest BCUT2D eigenvalue weighted by Gasteiger charge is -2.12. The predicted molar refractivity (Wildman–Crippen MR) is 128 cm³/mol. The Bertz CT molecular complexity index is 1230. The van der Waals surface area contributed by atoms with Gasteiger partial charge in [0.25, 0.3) is 0 Å². The lowest BCUT2D eigenvalue weighted by molar-refractivity contribution is -0.136. The number of anilines is 3. The lowest BCUT2D eigenvalue weighted by atomic mass is 10.1. The molecule has 0 saturated carbocycles. The second kappa shape index (κ2) is 10.2. The summed E-state index contributed by atoms with van der Waals surface area (Å²) in [5.41, 5.74) is 7.33. The Morgan fingerprint density at radius 2 is 1.48 bits per heavy atom. The Hall–Kier alpha value is -4.46. The van der Waals surface area contributed by atoms with Gasteiger partial charge in [0.15, 0.2) is 0 Å². The molecule has 168 valence electrons. The molecule has 2 amide bonds. The van der Waals surface area contributed by atoms with Gasteiger partial charge in [-0.3, -0.25) is 9.59 Å². The number of rotatable bonds is 6. The molecule has 3 aromatic carbocycles. The van der Waals surface area contributed by atoms with Crippen molar-refractivity contribution in [3.63, 3.8) is 0 Å². The average Bonchev–Trinajstić information content (AvgIpc) is 2.78. The van der Waals surface area contributed by atoms with Gasteiger partial charge in [-0.2, -0.15) is 5.10 Å². The van der Waals surface area contributed by atoms with Crippen molar-refractivity contribution in [1.29, 1.82) is 0 Å². The fourth-order valence-electron chi connectivity index (χ4n) is 3.17. The van der Waals surface area contributed by atoms with Crippen LogP contribution in [0, 0.1) is 20.8 Å². The van der Waals surface area contributed by atoms with Crippen LogP contribution in [0.15, 0.2) is 65.8 Å². The predicted octanol–water partition coefficient (Wildman–Crippen LogP) is 4.14. The Morgan fingerprint density at radius 3 is 2.15 bits per heavy atom. The van der Waals surface area contributed by atoms with E-state index < -0.39 is 17.8 Å². The fourth-order valence-corrected chi connectivity index (χ4v) is 3.17. The van der Waals surface area contributed by atoms with Gasteiger partial charge in [0.2, 0.25) is 0 Å². The topological polar surface area (TPSA) is 120 Å². The number of carboxylic acid groups (broad SMARTS) is 1. The average molecular weight is 444 g/mol. The smallest absolute Gasteiger partial charge is 0.335 e. The second-order valence-electron chi connectivity index (χ2n) is 7.47. The van der Waals surface area contributed by atoms with E-state index in [9.17, 15) is 19.5 Å². The number of hydrogen-bond acceptors (Lipinski definition) is 5. The first-order valence-corrected chi connectivity index (χ1v) is 10.2. The van der Waals surface area contributed by atoms with Crippen molar-refractivity contribution in [3.8, 4) is 0 Å². The van der Waals surface area contributed by atoms with E-state index in [2.05, 4.69) is 21.2 Å². The van der Waals surface area contributed by atoms with Crippen LogP contribution < -0.4 is 16.1 Å². The highest BCUT2D eigenvalue weighted by molar-refractivity contribution is 6.39. The minimum absolute atomic E-state index is 0.0610. The summed E-state index contributed by atoms with van der Waals surface area (Å²) >= 11 is 0. The largest absolute Gasteiger partial charge is 0.478 e. The maximum absolute atomic E-state index is 12.3. The Morgan fingerprint density at radius 1 is 0.818 bits per heavy atom. The number of aryl methyl sites for hydroxylation is 3. The van der Waals surface area contributed by atoms with Gasteiger partial charge in [-0.05, 0) is 61.7 Å². The molecule has 8 nitrogen and oxygen atoms in total. The fraction of sp³-hybridized carbons (Fsp3) is 0.120. The third-order valence-electron chi connectivity index (χ3n) is 5.01. The summed E-state index contributed by atoms with van der Waals surface area (Å²) < 4.78 is 0. The molecule has 0 radical (unpaired) electrons. The first kappa shape index (κ1) is 23.2. The van der Waals surface area contributed by atoms with Crippen molar-refractivity contribution in [2.24, 2.45) is 5.10 Å². The van der Waals surface area contributed by atoms with Crippen LogP contribution in [0.1, 0.15) is 32.6 Å². The molecule has 0 spiro atoms. The van der Waals surface area contributed by atoms with E-state index in [1.807, 2.05) is 63.2 Å². The van der Waals surface area contributed by atoms with E-state index >= 15 is 0 Å². The highest BCUT2D eigenvalue weighted by Gasteiger charge is 2.15. The van der Waals surface area contributed by atoms with Gasteiger partial charge in [0.1, 0.15) is 0 Å². The van der Waals surface area contributed by atoms with Crippen molar-refractivity contribution in [2.75, 3.05) is 10.6 Å². The monoisotopic (exact) mass is 444 g/mol. The summed E-state index contributed by atoms with van der Waals surface area (Å²) in [4.78, 5) is 35.9. The van der Waals surface area contributed by atoms with Gasteiger partial charge >= 0.3 is 17.8 Å². The van der Waals surface area contributed by atoms with Crippen molar-refractivity contribution < 1.29 is 19.5 Å². The number of aromatic carboxylic acids is 1. The van der Waals surface area contributed by atoms with Crippen molar-refractivity contribution in [3.05, 3.63) is 88.5 Å². The maximum atomic E-state index is 12.3. The normalized spacial score (nSPS) is 10.6. The number of nitrogens with one attached hydrogen (secondary N) is 3. The van der Waals surface area contributed by atoms with E-state index in [0.29, 0.717) is 16.9 Å². The minimum Gasteiger partial charge on any atom is -0.478 e. The highest BCUT2D eigenvalue weighted by atomic mass is 16.4. The molecule has 4 N–H and O–H groups in total. The number of hydrazone groups is 1. The molecule has 0 heterocycles. The van der Waals surface area contributed by atoms with E-state index in [4.69, 9.17) is 0 Å². The number of carbonyl (C=O) groups is 3. The lowest BCUT2D eigenvalue weighted by Crippen LogP contribution is -2.32. The van der Waals surface area contributed by atoms with Gasteiger partial charge in [0.05, 0.1) is 11.8 Å². The molecule has 3 rings (SSSR count). The van der Waals surface area contributed by atoms with E-state index in [1.54, 1.807) is 6.07 Å². The Kier molecular flexibility index (Phi) is 7.20. The van der Waals surface area contributed by atoms with Crippen LogP contribution in [0.25, 0.3) is 0 Å². The molecule has 8 heteroatoms. The molecule has 3 aromatic rings. The zero-order chi connectivity index (χ0) is 24.0. The molecule has 0 atom stereocenters. The zero-order valence-electron chi connectivity index (χ0n) is 18.5. The highest BCUT2D eigenvalue weighted by Crippen LogP contribution is 2.24. The maximum Gasteiger partial charge on any atom is 0.335 e. The van der Waals surface area contributed by atoms with Gasteiger partial charge in [-0.1, -0.05) is 36.4 Å². The molecule has 0 aliphatic heterocycles. The number of benzene rings is 3. The molecule has 0 fully saturated rings. The summed E-state index contributed by atoms with van der Waals surface area (Å²) in [6.45, 7) is 5.60. The van der Waals surface area contributed by atoms with Crippen LogP contribution >= 0.6 is 0 Å². The van der Waals surface area contributed by atoms with Crippen LogP contribution in [-0.4, -0.2) is 29.1 Å². The number of carboxylic acids is 1. The first-order chi connectivity index (χ1) is 15.8. The quantitative estimate of drug-likeness (QED) is 0.259.